The van der Waals surface area contributed by atoms with Gasteiger partial charge in [0.05, 0.1) is 0 Å². The molecule has 8 nitrogen and oxygen atoms in total. The summed E-state index contributed by atoms with van der Waals surface area (Å²) in [4.78, 5) is 42.5. The number of rotatable bonds is 12. The number of aromatic hydroxyl groups is 1. The minimum atomic E-state index is -1.01. The number of nitrogens with zero attached hydrogens (tertiary/aromatic N) is 1. The first-order chi connectivity index (χ1) is 18.7. The van der Waals surface area contributed by atoms with Crippen molar-refractivity contribution in [2.75, 3.05) is 6.54 Å². The minimum absolute atomic E-state index is 0.102. The second kappa shape index (κ2) is 14.7. The molecular weight excluding hydrogens is 506 g/mol. The van der Waals surface area contributed by atoms with E-state index in [-0.39, 0.29) is 24.1 Å². The number of hydrogen-bond acceptors (Lipinski definition) is 5. The second-order valence-corrected chi connectivity index (χ2v) is 11.7. The molecule has 0 aliphatic rings. The lowest BCUT2D eigenvalue weighted by molar-refractivity contribution is -0.144. The zero-order valence-electron chi connectivity index (χ0n) is 25.3. The van der Waals surface area contributed by atoms with Crippen LogP contribution in [0.3, 0.4) is 0 Å². The molecule has 3 N–H and O–H groups in total. The van der Waals surface area contributed by atoms with Crippen LogP contribution in [0.2, 0.25) is 0 Å². The summed E-state index contributed by atoms with van der Waals surface area (Å²) in [7, 11) is 0. The third kappa shape index (κ3) is 10.2. The molecule has 0 spiro atoms. The van der Waals surface area contributed by atoms with Gasteiger partial charge >= 0.3 is 6.09 Å². The highest BCUT2D eigenvalue weighted by atomic mass is 16.6. The van der Waals surface area contributed by atoms with Crippen LogP contribution in [0.1, 0.15) is 89.1 Å². The molecular formula is C32H47N3O5. The molecule has 40 heavy (non-hydrogen) atoms. The van der Waals surface area contributed by atoms with Gasteiger partial charge in [0.25, 0.3) is 0 Å². The molecule has 0 heterocycles. The predicted octanol–water partition coefficient (Wildman–Crippen LogP) is 5.73. The fraction of sp³-hybridized carbons (Fsp3) is 0.531. The van der Waals surface area contributed by atoms with Crippen LogP contribution < -0.4 is 10.6 Å². The summed E-state index contributed by atoms with van der Waals surface area (Å²) in [6, 6.07) is 10.1. The largest absolute Gasteiger partial charge is 0.508 e. The Balaban J connectivity index is 2.54. The molecule has 3 amide bonds. The number of benzene rings is 2. The Morgan fingerprint density at radius 2 is 1.57 bits per heavy atom. The lowest BCUT2D eigenvalue weighted by Gasteiger charge is -2.37. The van der Waals surface area contributed by atoms with E-state index in [0.29, 0.717) is 12.1 Å². The Hall–Kier alpha value is -3.55. The van der Waals surface area contributed by atoms with Gasteiger partial charge in [-0.05, 0) is 78.1 Å². The third-order valence-electron chi connectivity index (χ3n) is 6.34. The van der Waals surface area contributed by atoms with Crippen molar-refractivity contribution in [1.29, 1.82) is 0 Å². The maximum absolute atomic E-state index is 14.3. The molecule has 2 aromatic rings. The lowest BCUT2D eigenvalue weighted by atomic mass is 9.96. The molecule has 2 rings (SSSR count). The molecule has 0 saturated heterocycles. The van der Waals surface area contributed by atoms with E-state index in [1.807, 2.05) is 45.9 Å². The Morgan fingerprint density at radius 1 is 0.975 bits per heavy atom. The Labute approximate surface area is 239 Å². The van der Waals surface area contributed by atoms with E-state index in [1.165, 1.54) is 12.1 Å². The molecule has 2 unspecified atom stereocenters. The first-order valence-corrected chi connectivity index (χ1v) is 14.2. The van der Waals surface area contributed by atoms with Gasteiger partial charge in [-0.1, -0.05) is 61.2 Å². The standard InChI is InChI=1S/C32H47N3O5/c1-9-10-11-16-33-29(37)28(25-18-22(4)17-23(5)19-25)35(21(2)3)30(38)27(34-31(39)40-32(6,7)8)20-24-12-14-26(36)15-13-24/h12-15,17-19,21,27-28,36H,9-11,16,20H2,1-8H3,(H,33,37)(H,34,39). The van der Waals surface area contributed by atoms with E-state index in [0.717, 1.165) is 36.0 Å². The normalized spacial score (nSPS) is 12.9. The fourth-order valence-corrected chi connectivity index (χ4v) is 4.67. The van der Waals surface area contributed by atoms with Crippen LogP contribution in [0.4, 0.5) is 4.79 Å². The first kappa shape index (κ1) is 32.7. The minimum Gasteiger partial charge on any atom is -0.508 e. The number of carbonyl (C=O) groups is 3. The highest BCUT2D eigenvalue weighted by Crippen LogP contribution is 2.27. The van der Waals surface area contributed by atoms with Gasteiger partial charge in [0, 0.05) is 19.0 Å². The molecule has 0 aromatic heterocycles. The van der Waals surface area contributed by atoms with Crippen molar-refractivity contribution in [3.05, 3.63) is 64.7 Å². The predicted molar refractivity (Wildman–Crippen MR) is 158 cm³/mol. The molecule has 2 atom stereocenters. The zero-order valence-corrected chi connectivity index (χ0v) is 25.3. The van der Waals surface area contributed by atoms with Crippen LogP contribution in [0.25, 0.3) is 0 Å². The van der Waals surface area contributed by atoms with Crippen molar-refractivity contribution < 1.29 is 24.2 Å². The number of carbonyl (C=O) groups excluding carboxylic acids is 3. The van der Waals surface area contributed by atoms with E-state index < -0.39 is 29.7 Å². The number of nitrogens with one attached hydrogen (secondary N) is 2. The van der Waals surface area contributed by atoms with Gasteiger partial charge in [-0.2, -0.15) is 0 Å². The average molecular weight is 554 g/mol. The summed E-state index contributed by atoms with van der Waals surface area (Å²) >= 11 is 0. The van der Waals surface area contributed by atoms with E-state index in [4.69, 9.17) is 4.74 Å². The van der Waals surface area contributed by atoms with E-state index in [9.17, 15) is 19.5 Å². The summed E-state index contributed by atoms with van der Waals surface area (Å²) in [5.41, 5.74) is 2.68. The summed E-state index contributed by atoms with van der Waals surface area (Å²) in [5, 5.41) is 15.5. The van der Waals surface area contributed by atoms with E-state index >= 15 is 0 Å². The number of alkyl carbamates (subject to hydrolysis) is 1. The maximum atomic E-state index is 14.3. The lowest BCUT2D eigenvalue weighted by Crippen LogP contribution is -2.55. The number of amides is 3. The summed E-state index contributed by atoms with van der Waals surface area (Å²) in [5.74, 6) is -0.559. The number of ether oxygens (including phenoxy) is 1. The molecule has 0 radical (unpaired) electrons. The van der Waals surface area contributed by atoms with Crippen molar-refractivity contribution in [3.63, 3.8) is 0 Å². The van der Waals surface area contributed by atoms with Crippen molar-refractivity contribution in [3.8, 4) is 5.75 Å². The zero-order chi connectivity index (χ0) is 30.0. The van der Waals surface area contributed by atoms with Crippen molar-refractivity contribution in [1.82, 2.24) is 15.5 Å². The van der Waals surface area contributed by atoms with Crippen LogP contribution in [-0.2, 0) is 20.7 Å². The van der Waals surface area contributed by atoms with Gasteiger partial charge in [-0.15, -0.1) is 0 Å². The quantitative estimate of drug-likeness (QED) is 0.291. The Kier molecular flexibility index (Phi) is 12.0. The SMILES string of the molecule is CCCCCNC(=O)C(c1cc(C)cc(C)c1)N(C(=O)C(Cc1ccc(O)cc1)NC(=O)OC(C)(C)C)C(C)C. The van der Waals surface area contributed by atoms with E-state index in [2.05, 4.69) is 17.6 Å². The first-order valence-electron chi connectivity index (χ1n) is 14.2. The van der Waals surface area contributed by atoms with Crippen LogP contribution in [0.5, 0.6) is 5.75 Å². The van der Waals surface area contributed by atoms with Crippen molar-refractivity contribution >= 4 is 17.9 Å². The third-order valence-corrected chi connectivity index (χ3v) is 6.34. The second-order valence-electron chi connectivity index (χ2n) is 11.7. The van der Waals surface area contributed by atoms with Crippen LogP contribution in [0, 0.1) is 13.8 Å². The van der Waals surface area contributed by atoms with E-state index in [1.54, 1.807) is 37.8 Å². The summed E-state index contributed by atoms with van der Waals surface area (Å²) in [6.45, 7) is 15.5. The number of unbranched alkanes of at least 4 members (excludes halogenated alkanes) is 2. The monoisotopic (exact) mass is 553 g/mol. The topological polar surface area (TPSA) is 108 Å². The Morgan fingerprint density at radius 3 is 2.10 bits per heavy atom. The van der Waals surface area contributed by atoms with Crippen LogP contribution >= 0.6 is 0 Å². The highest BCUT2D eigenvalue weighted by molar-refractivity contribution is 5.92. The van der Waals surface area contributed by atoms with Gasteiger partial charge in [0.1, 0.15) is 23.4 Å². The molecule has 0 saturated carbocycles. The molecule has 0 bridgehead atoms. The smallest absolute Gasteiger partial charge is 0.408 e. The number of phenols is 1. The molecule has 220 valence electrons. The number of aryl methyl sites for hydroxylation is 2. The number of hydrogen-bond donors (Lipinski definition) is 3. The summed E-state index contributed by atoms with van der Waals surface area (Å²) < 4.78 is 5.48. The molecule has 0 fully saturated rings. The van der Waals surface area contributed by atoms with Crippen molar-refractivity contribution in [2.45, 2.75) is 105 Å². The van der Waals surface area contributed by atoms with Crippen LogP contribution in [-0.4, -0.2) is 52.1 Å². The fourth-order valence-electron chi connectivity index (χ4n) is 4.67. The Bertz CT molecular complexity index is 1120. The molecule has 2 aromatic carbocycles. The molecule has 0 aliphatic carbocycles. The van der Waals surface area contributed by atoms with Gasteiger partial charge in [-0.25, -0.2) is 4.79 Å². The molecule has 8 heteroatoms. The van der Waals surface area contributed by atoms with Gasteiger partial charge in [-0.3, -0.25) is 9.59 Å². The van der Waals surface area contributed by atoms with Gasteiger partial charge < -0.3 is 25.4 Å². The number of phenolic OH excluding ortho intramolecular Hbond substituents is 1. The van der Waals surface area contributed by atoms with Crippen LogP contribution in [0.15, 0.2) is 42.5 Å². The average Bonchev–Trinajstić information content (AvgIpc) is 2.83. The van der Waals surface area contributed by atoms with Crippen molar-refractivity contribution in [2.24, 2.45) is 0 Å². The molecule has 0 aliphatic heterocycles. The van der Waals surface area contributed by atoms with Gasteiger partial charge in [0.2, 0.25) is 11.8 Å². The van der Waals surface area contributed by atoms with Gasteiger partial charge in [0.15, 0.2) is 0 Å². The highest BCUT2D eigenvalue weighted by Gasteiger charge is 2.38. The summed E-state index contributed by atoms with van der Waals surface area (Å²) in [6.07, 6.45) is 2.30. The maximum Gasteiger partial charge on any atom is 0.408 e.